The molecule has 1 aliphatic carbocycles. The third-order valence-electron chi connectivity index (χ3n) is 4.47. The van der Waals surface area contributed by atoms with Crippen molar-refractivity contribution in [1.82, 2.24) is 15.3 Å². The number of fused-ring (bicyclic) bond motifs is 1. The Labute approximate surface area is 147 Å². The molecule has 1 N–H and O–H groups in total. The number of amides is 1. The van der Waals surface area contributed by atoms with Crippen LogP contribution in [0.2, 0.25) is 0 Å². The number of thioether (sulfide) groups is 1. The fourth-order valence-electron chi connectivity index (χ4n) is 3.17. The van der Waals surface area contributed by atoms with Gasteiger partial charge in [-0.1, -0.05) is 56.1 Å². The zero-order chi connectivity index (χ0) is 16.8. The number of para-hydroxylation sites is 1. The van der Waals surface area contributed by atoms with Gasteiger partial charge in [-0.2, -0.15) is 0 Å². The average molecular weight is 343 g/mol. The molecule has 1 aromatic heterocycles. The molecular weight excluding hydrogens is 318 g/mol. The van der Waals surface area contributed by atoms with E-state index in [1.807, 2.05) is 24.3 Å². The summed E-state index contributed by atoms with van der Waals surface area (Å²) in [5.41, 5.74) is 0.990. The van der Waals surface area contributed by atoms with E-state index < -0.39 is 0 Å². The van der Waals surface area contributed by atoms with Crippen molar-refractivity contribution in [1.29, 1.82) is 0 Å². The molecule has 0 unspecified atom stereocenters. The third-order valence-corrected chi connectivity index (χ3v) is 5.46. The van der Waals surface area contributed by atoms with Crippen LogP contribution in [0.15, 0.2) is 29.3 Å². The molecule has 2 aromatic rings. The second kappa shape index (κ2) is 8.47. The Morgan fingerprint density at radius 1 is 1.21 bits per heavy atom. The summed E-state index contributed by atoms with van der Waals surface area (Å²) in [5, 5.41) is 4.91. The van der Waals surface area contributed by atoms with Gasteiger partial charge in [-0.25, -0.2) is 9.97 Å². The molecule has 1 aliphatic rings. The Kier molecular flexibility index (Phi) is 6.07. The number of rotatable bonds is 6. The second-order valence-corrected chi connectivity index (χ2v) is 7.34. The van der Waals surface area contributed by atoms with Crippen molar-refractivity contribution in [2.24, 2.45) is 0 Å². The minimum Gasteiger partial charge on any atom is -0.355 e. The number of hydrogen-bond acceptors (Lipinski definition) is 4. The highest BCUT2D eigenvalue weighted by Crippen LogP contribution is 2.33. The van der Waals surface area contributed by atoms with Crippen molar-refractivity contribution in [2.45, 2.75) is 56.4 Å². The molecule has 0 radical (unpaired) electrons. The molecule has 1 aromatic carbocycles. The minimum absolute atomic E-state index is 0.0729. The van der Waals surface area contributed by atoms with Gasteiger partial charge in [0.1, 0.15) is 10.9 Å². The smallest absolute Gasteiger partial charge is 0.230 e. The number of aromatic nitrogens is 2. The van der Waals surface area contributed by atoms with Gasteiger partial charge in [0.05, 0.1) is 11.3 Å². The maximum absolute atomic E-state index is 11.9. The fourth-order valence-corrected chi connectivity index (χ4v) is 4.02. The summed E-state index contributed by atoms with van der Waals surface area (Å²) in [6.07, 6.45) is 7.17. The molecule has 0 spiro atoms. The maximum atomic E-state index is 11.9. The highest BCUT2D eigenvalue weighted by molar-refractivity contribution is 8.00. The normalized spacial score (nSPS) is 15.5. The standard InChI is InChI=1S/C19H25N3OS/c1-2-12-20-17(23)13-24-19-15-10-6-7-11-16(15)21-18(22-19)14-8-4-3-5-9-14/h6-7,10-11,14H,2-5,8-9,12-13H2,1H3,(H,20,23). The van der Waals surface area contributed by atoms with E-state index in [2.05, 4.69) is 12.2 Å². The van der Waals surface area contributed by atoms with Crippen LogP contribution in [0.3, 0.4) is 0 Å². The van der Waals surface area contributed by atoms with Crippen LogP contribution >= 0.6 is 11.8 Å². The van der Waals surface area contributed by atoms with Gasteiger partial charge in [-0.3, -0.25) is 4.79 Å². The largest absolute Gasteiger partial charge is 0.355 e. The second-order valence-electron chi connectivity index (χ2n) is 6.38. The molecule has 1 amide bonds. The zero-order valence-electron chi connectivity index (χ0n) is 14.3. The van der Waals surface area contributed by atoms with E-state index >= 15 is 0 Å². The highest BCUT2D eigenvalue weighted by Gasteiger charge is 2.20. The predicted octanol–water partition coefficient (Wildman–Crippen LogP) is 4.30. The summed E-state index contributed by atoms with van der Waals surface area (Å²) < 4.78 is 0. The van der Waals surface area contributed by atoms with Crippen molar-refractivity contribution in [3.05, 3.63) is 30.1 Å². The molecule has 3 rings (SSSR count). The Hall–Kier alpha value is -1.62. The van der Waals surface area contributed by atoms with Gasteiger partial charge in [0.15, 0.2) is 0 Å². The van der Waals surface area contributed by atoms with E-state index in [1.165, 1.54) is 43.9 Å². The van der Waals surface area contributed by atoms with Crippen LogP contribution in [0.1, 0.15) is 57.2 Å². The van der Waals surface area contributed by atoms with Crippen LogP contribution in [-0.2, 0) is 4.79 Å². The number of benzene rings is 1. The number of hydrogen-bond donors (Lipinski definition) is 1. The van der Waals surface area contributed by atoms with E-state index in [0.717, 1.165) is 34.7 Å². The first-order valence-corrected chi connectivity index (χ1v) is 9.92. The van der Waals surface area contributed by atoms with Gasteiger partial charge >= 0.3 is 0 Å². The first kappa shape index (κ1) is 17.2. The molecule has 4 nitrogen and oxygen atoms in total. The monoisotopic (exact) mass is 343 g/mol. The van der Waals surface area contributed by atoms with E-state index in [0.29, 0.717) is 11.7 Å². The lowest BCUT2D eigenvalue weighted by molar-refractivity contribution is -0.118. The van der Waals surface area contributed by atoms with Gasteiger partial charge in [-0.05, 0) is 25.3 Å². The number of nitrogens with zero attached hydrogens (tertiary/aromatic N) is 2. The Balaban J connectivity index is 1.82. The van der Waals surface area contributed by atoms with E-state index in [4.69, 9.17) is 9.97 Å². The lowest BCUT2D eigenvalue weighted by Gasteiger charge is -2.21. The van der Waals surface area contributed by atoms with Crippen molar-refractivity contribution < 1.29 is 4.79 Å². The van der Waals surface area contributed by atoms with Crippen LogP contribution in [0.25, 0.3) is 10.9 Å². The van der Waals surface area contributed by atoms with E-state index in [1.54, 1.807) is 0 Å². The molecule has 128 valence electrons. The van der Waals surface area contributed by atoms with Crippen LogP contribution in [0, 0.1) is 0 Å². The molecule has 0 bridgehead atoms. The lowest BCUT2D eigenvalue weighted by Crippen LogP contribution is -2.25. The van der Waals surface area contributed by atoms with Crippen molar-refractivity contribution >= 4 is 28.6 Å². The summed E-state index contributed by atoms with van der Waals surface area (Å²) in [5.74, 6) is 1.91. The first-order chi connectivity index (χ1) is 11.8. The van der Waals surface area contributed by atoms with Crippen molar-refractivity contribution in [3.8, 4) is 0 Å². The highest BCUT2D eigenvalue weighted by atomic mass is 32.2. The van der Waals surface area contributed by atoms with Gasteiger partial charge in [0, 0.05) is 17.8 Å². The SMILES string of the molecule is CCCNC(=O)CSc1nc(C2CCCCC2)nc2ccccc12. The summed E-state index contributed by atoms with van der Waals surface area (Å²) in [4.78, 5) is 21.6. The first-order valence-electron chi connectivity index (χ1n) is 8.94. The van der Waals surface area contributed by atoms with Gasteiger partial charge in [-0.15, -0.1) is 0 Å². The van der Waals surface area contributed by atoms with Crippen molar-refractivity contribution in [3.63, 3.8) is 0 Å². The predicted molar refractivity (Wildman–Crippen MR) is 99.4 cm³/mol. The molecular formula is C19H25N3OS. The third kappa shape index (κ3) is 4.26. The molecule has 24 heavy (non-hydrogen) atoms. The fraction of sp³-hybridized carbons (Fsp3) is 0.526. The summed E-state index contributed by atoms with van der Waals surface area (Å²) in [6, 6.07) is 8.12. The summed E-state index contributed by atoms with van der Waals surface area (Å²) in [6.45, 7) is 2.79. The Morgan fingerprint density at radius 3 is 2.79 bits per heavy atom. The molecule has 1 saturated carbocycles. The maximum Gasteiger partial charge on any atom is 0.230 e. The average Bonchev–Trinajstić information content (AvgIpc) is 2.65. The summed E-state index contributed by atoms with van der Waals surface area (Å²) >= 11 is 1.52. The number of carbonyl (C=O) groups excluding carboxylic acids is 1. The Bertz CT molecular complexity index is 698. The molecule has 1 fully saturated rings. The van der Waals surface area contributed by atoms with Crippen molar-refractivity contribution in [2.75, 3.05) is 12.3 Å². The van der Waals surface area contributed by atoms with Gasteiger partial charge in [0.2, 0.25) is 5.91 Å². The molecule has 0 atom stereocenters. The molecule has 1 heterocycles. The summed E-state index contributed by atoms with van der Waals surface area (Å²) in [7, 11) is 0. The zero-order valence-corrected chi connectivity index (χ0v) is 15.1. The van der Waals surface area contributed by atoms with Crippen LogP contribution in [0.5, 0.6) is 0 Å². The minimum atomic E-state index is 0.0729. The Morgan fingerprint density at radius 2 is 2.00 bits per heavy atom. The van der Waals surface area contributed by atoms with E-state index in [9.17, 15) is 4.79 Å². The molecule has 5 heteroatoms. The van der Waals surface area contributed by atoms with E-state index in [-0.39, 0.29) is 5.91 Å². The molecule has 0 saturated heterocycles. The number of nitrogens with one attached hydrogen (secondary N) is 1. The van der Waals surface area contributed by atoms with Gasteiger partial charge < -0.3 is 5.32 Å². The van der Waals surface area contributed by atoms with Gasteiger partial charge in [0.25, 0.3) is 0 Å². The number of carbonyl (C=O) groups is 1. The lowest BCUT2D eigenvalue weighted by atomic mass is 9.88. The quantitative estimate of drug-likeness (QED) is 0.628. The van der Waals surface area contributed by atoms with Crippen LogP contribution in [0.4, 0.5) is 0 Å². The van der Waals surface area contributed by atoms with Crippen LogP contribution in [-0.4, -0.2) is 28.2 Å². The molecule has 0 aliphatic heterocycles. The topological polar surface area (TPSA) is 54.9 Å². The van der Waals surface area contributed by atoms with Crippen LogP contribution < -0.4 is 5.32 Å².